The largest absolute Gasteiger partial charge is 0.444 e. The highest BCUT2D eigenvalue weighted by atomic mass is 35.5. The van der Waals surface area contributed by atoms with Gasteiger partial charge in [-0.15, -0.1) is 0 Å². The molecule has 1 aromatic carbocycles. The van der Waals surface area contributed by atoms with Crippen LogP contribution in [0, 0.1) is 17.2 Å². The Balaban J connectivity index is 1.99. The molecule has 1 aromatic rings. The molecule has 0 radical (unpaired) electrons. The summed E-state index contributed by atoms with van der Waals surface area (Å²) >= 11 is 6.00. The number of Topliss-reactive ketones (excluding diaryl/α,β-unsaturated/α-hetero) is 1. The molecule has 1 saturated heterocycles. The van der Waals surface area contributed by atoms with Gasteiger partial charge in [-0.25, -0.2) is 4.79 Å². The number of carbonyl (C=O) groups is 2. The summed E-state index contributed by atoms with van der Waals surface area (Å²) in [6, 6.07) is 6.84. The zero-order chi connectivity index (χ0) is 22.3. The SMILES string of the molecule is COC[C@H]1C[C@@H](/C=C/CC(=O)Cc2cc(Cl)cc(C#N)c2)N(C(=O)OC(C)(C)C)C1. The zero-order valence-electron chi connectivity index (χ0n) is 18.0. The highest BCUT2D eigenvalue weighted by Gasteiger charge is 2.36. The average Bonchev–Trinajstić information content (AvgIpc) is 3.03. The maximum atomic E-state index is 12.6. The lowest BCUT2D eigenvalue weighted by Gasteiger charge is -2.27. The molecule has 0 saturated carbocycles. The molecule has 1 heterocycles. The van der Waals surface area contributed by atoms with Crippen LogP contribution in [0.5, 0.6) is 0 Å². The fraction of sp³-hybridized carbons (Fsp3) is 0.522. The molecule has 0 aromatic heterocycles. The van der Waals surface area contributed by atoms with Crippen molar-refractivity contribution < 1.29 is 19.1 Å². The first-order chi connectivity index (χ1) is 14.1. The highest BCUT2D eigenvalue weighted by molar-refractivity contribution is 6.30. The molecule has 6 nitrogen and oxygen atoms in total. The van der Waals surface area contributed by atoms with E-state index in [1.54, 1.807) is 36.3 Å². The summed E-state index contributed by atoms with van der Waals surface area (Å²) in [5.41, 5.74) is 0.581. The van der Waals surface area contributed by atoms with Crippen LogP contribution < -0.4 is 0 Å². The summed E-state index contributed by atoms with van der Waals surface area (Å²) in [4.78, 5) is 26.6. The highest BCUT2D eigenvalue weighted by Crippen LogP contribution is 2.27. The predicted octanol–water partition coefficient (Wildman–Crippen LogP) is 4.54. The van der Waals surface area contributed by atoms with Gasteiger partial charge in [0.1, 0.15) is 11.4 Å². The van der Waals surface area contributed by atoms with E-state index in [-0.39, 0.29) is 36.7 Å². The van der Waals surface area contributed by atoms with E-state index in [4.69, 9.17) is 26.3 Å². The monoisotopic (exact) mass is 432 g/mol. The van der Waals surface area contributed by atoms with Crippen LogP contribution >= 0.6 is 11.6 Å². The molecule has 0 bridgehead atoms. The Kier molecular flexibility index (Phi) is 8.45. The number of ether oxygens (including phenoxy) is 2. The van der Waals surface area contributed by atoms with Crippen molar-refractivity contribution in [2.24, 2.45) is 5.92 Å². The van der Waals surface area contributed by atoms with Crippen LogP contribution in [0.2, 0.25) is 5.02 Å². The molecule has 0 N–H and O–H groups in total. The van der Waals surface area contributed by atoms with Crippen molar-refractivity contribution in [3.8, 4) is 6.07 Å². The molecule has 1 aliphatic rings. The Morgan fingerprint density at radius 2 is 2.07 bits per heavy atom. The van der Waals surface area contributed by atoms with Gasteiger partial charge in [-0.2, -0.15) is 5.26 Å². The van der Waals surface area contributed by atoms with E-state index in [1.165, 1.54) is 0 Å². The number of hydrogen-bond acceptors (Lipinski definition) is 5. The minimum absolute atomic E-state index is 0.00710. The van der Waals surface area contributed by atoms with Crippen molar-refractivity contribution in [1.29, 1.82) is 5.26 Å². The summed E-state index contributed by atoms with van der Waals surface area (Å²) in [6.07, 6.45) is 4.54. The number of methoxy groups -OCH3 is 1. The lowest BCUT2D eigenvalue weighted by atomic mass is 10.0. The molecule has 162 valence electrons. The van der Waals surface area contributed by atoms with Gasteiger partial charge in [0.25, 0.3) is 0 Å². The Morgan fingerprint density at radius 3 is 2.70 bits per heavy atom. The van der Waals surface area contributed by atoms with E-state index in [0.29, 0.717) is 29.3 Å². The first-order valence-electron chi connectivity index (χ1n) is 9.97. The minimum atomic E-state index is -0.570. The van der Waals surface area contributed by atoms with Crippen molar-refractivity contribution >= 4 is 23.5 Å². The lowest BCUT2D eigenvalue weighted by Crippen LogP contribution is -2.39. The minimum Gasteiger partial charge on any atom is -0.444 e. The van der Waals surface area contributed by atoms with Gasteiger partial charge in [-0.05, 0) is 51.0 Å². The lowest BCUT2D eigenvalue weighted by molar-refractivity contribution is -0.117. The van der Waals surface area contributed by atoms with E-state index in [0.717, 1.165) is 6.42 Å². The number of nitriles is 1. The molecule has 0 unspecified atom stereocenters. The first-order valence-corrected chi connectivity index (χ1v) is 10.4. The normalized spacial score (nSPS) is 19.1. The van der Waals surface area contributed by atoms with Crippen LogP contribution in [0.3, 0.4) is 0 Å². The van der Waals surface area contributed by atoms with Crippen LogP contribution in [0.4, 0.5) is 4.79 Å². The Bertz CT molecular complexity index is 839. The van der Waals surface area contributed by atoms with Gasteiger partial charge in [0.15, 0.2) is 0 Å². The van der Waals surface area contributed by atoms with Gasteiger partial charge in [0.05, 0.1) is 24.3 Å². The zero-order valence-corrected chi connectivity index (χ0v) is 18.7. The molecular weight excluding hydrogens is 404 g/mol. The predicted molar refractivity (Wildman–Crippen MR) is 115 cm³/mol. The van der Waals surface area contributed by atoms with Crippen molar-refractivity contribution in [3.05, 3.63) is 46.5 Å². The number of benzene rings is 1. The first kappa shape index (κ1) is 23.9. The third-order valence-corrected chi connectivity index (χ3v) is 4.87. The second kappa shape index (κ2) is 10.6. The molecule has 0 aliphatic carbocycles. The van der Waals surface area contributed by atoms with Crippen LogP contribution in [-0.4, -0.2) is 48.7 Å². The van der Waals surface area contributed by atoms with Crippen molar-refractivity contribution in [2.45, 2.75) is 51.7 Å². The van der Waals surface area contributed by atoms with Crippen molar-refractivity contribution in [1.82, 2.24) is 4.90 Å². The van der Waals surface area contributed by atoms with E-state index in [2.05, 4.69) is 0 Å². The van der Waals surface area contributed by atoms with Gasteiger partial charge >= 0.3 is 6.09 Å². The maximum absolute atomic E-state index is 12.6. The van der Waals surface area contributed by atoms with Crippen LogP contribution in [0.25, 0.3) is 0 Å². The number of carbonyl (C=O) groups excluding carboxylic acids is 2. The number of hydrogen-bond donors (Lipinski definition) is 0. The van der Waals surface area contributed by atoms with E-state index in [1.807, 2.05) is 32.9 Å². The molecular formula is C23H29ClN2O4. The molecule has 7 heteroatoms. The summed E-state index contributed by atoms with van der Waals surface area (Å²) < 4.78 is 10.8. The quantitative estimate of drug-likeness (QED) is 0.591. The van der Waals surface area contributed by atoms with Crippen molar-refractivity contribution in [2.75, 3.05) is 20.3 Å². The molecule has 1 fully saturated rings. The summed E-state index contributed by atoms with van der Waals surface area (Å²) in [5.74, 6) is 0.233. The Hall–Kier alpha value is -2.36. The number of halogens is 1. The van der Waals surface area contributed by atoms with Crippen LogP contribution in [-0.2, 0) is 20.7 Å². The third kappa shape index (κ3) is 7.47. The molecule has 2 rings (SSSR count). The molecule has 0 spiro atoms. The smallest absolute Gasteiger partial charge is 0.410 e. The Labute approximate surface area is 183 Å². The van der Waals surface area contributed by atoms with Crippen molar-refractivity contribution in [3.63, 3.8) is 0 Å². The Morgan fingerprint density at radius 1 is 1.33 bits per heavy atom. The molecule has 2 atom stereocenters. The van der Waals surface area contributed by atoms with Gasteiger partial charge in [0.2, 0.25) is 0 Å². The van der Waals surface area contributed by atoms with Gasteiger partial charge in [-0.3, -0.25) is 4.79 Å². The standard InChI is InChI=1S/C23H29ClN2O4/c1-23(2,3)30-22(28)26-14-18(15-29-4)11-20(26)6-5-7-21(27)12-16-8-17(13-25)10-19(24)9-16/h5-6,8-10,18,20H,7,11-12,14-15H2,1-4H3/b6-5+/t18-,20+/m0/s1. The topological polar surface area (TPSA) is 79.6 Å². The van der Waals surface area contributed by atoms with E-state index in [9.17, 15) is 9.59 Å². The fourth-order valence-corrected chi connectivity index (χ4v) is 3.76. The van der Waals surface area contributed by atoms with Crippen LogP contribution in [0.15, 0.2) is 30.4 Å². The third-order valence-electron chi connectivity index (χ3n) is 4.65. The second-order valence-corrected chi connectivity index (χ2v) is 9.00. The number of rotatable bonds is 7. The van der Waals surface area contributed by atoms with E-state index < -0.39 is 5.60 Å². The number of nitrogens with zero attached hydrogens (tertiary/aromatic N) is 2. The average molecular weight is 433 g/mol. The summed E-state index contributed by atoms with van der Waals surface area (Å²) in [6.45, 7) is 6.64. The summed E-state index contributed by atoms with van der Waals surface area (Å²) in [5, 5.41) is 9.47. The molecule has 1 aliphatic heterocycles. The van der Waals surface area contributed by atoms with Crippen LogP contribution in [0.1, 0.15) is 44.7 Å². The maximum Gasteiger partial charge on any atom is 0.410 e. The number of likely N-dealkylation sites (tertiary alicyclic amines) is 1. The number of amides is 1. The second-order valence-electron chi connectivity index (χ2n) is 8.56. The molecule has 30 heavy (non-hydrogen) atoms. The number of allylic oxidation sites excluding steroid dienone is 1. The van der Waals surface area contributed by atoms with Gasteiger partial charge in [-0.1, -0.05) is 23.8 Å². The van der Waals surface area contributed by atoms with Gasteiger partial charge < -0.3 is 14.4 Å². The summed E-state index contributed by atoms with van der Waals surface area (Å²) in [7, 11) is 1.65. The number of ketones is 1. The van der Waals surface area contributed by atoms with E-state index >= 15 is 0 Å². The van der Waals surface area contributed by atoms with Gasteiger partial charge in [0, 0.05) is 37.4 Å². The molecule has 1 amide bonds. The fourth-order valence-electron chi connectivity index (χ4n) is 3.50.